The van der Waals surface area contributed by atoms with Crippen molar-refractivity contribution in [2.24, 2.45) is 0 Å². The highest BCUT2D eigenvalue weighted by atomic mass is 32.1. The van der Waals surface area contributed by atoms with Gasteiger partial charge in [-0.3, -0.25) is 24.9 Å². The third kappa shape index (κ3) is 3.04. The fourth-order valence-electron chi connectivity index (χ4n) is 2.86. The van der Waals surface area contributed by atoms with Crippen molar-refractivity contribution < 1.29 is 9.72 Å². The van der Waals surface area contributed by atoms with E-state index in [1.165, 1.54) is 17.4 Å². The van der Waals surface area contributed by atoms with Crippen LogP contribution in [0, 0.1) is 10.1 Å². The first-order valence-electron chi connectivity index (χ1n) is 7.86. The van der Waals surface area contributed by atoms with E-state index in [1.807, 2.05) is 17.5 Å². The van der Waals surface area contributed by atoms with Crippen LogP contribution in [0.2, 0.25) is 0 Å². The number of carbonyl (C=O) groups is 1. The standard InChI is InChI=1S/C17H13N5O3S/c23-17(21-9-13-14(10-21)19-6-5-18-13)8-12-15(22(24)25)4-3-11(20-12)16-2-1-7-26-16/h1-7H,8-10H2. The zero-order valence-corrected chi connectivity index (χ0v) is 14.3. The molecule has 9 heteroatoms. The Kier molecular flexibility index (Phi) is 4.13. The summed E-state index contributed by atoms with van der Waals surface area (Å²) in [6.45, 7) is 0.723. The summed E-state index contributed by atoms with van der Waals surface area (Å²) in [5.74, 6) is -0.233. The molecule has 3 aromatic rings. The van der Waals surface area contributed by atoms with E-state index in [1.54, 1.807) is 23.4 Å². The molecular weight excluding hydrogens is 354 g/mol. The molecule has 3 aromatic heterocycles. The summed E-state index contributed by atoms with van der Waals surface area (Å²) in [6, 6.07) is 6.79. The van der Waals surface area contributed by atoms with Crippen LogP contribution in [-0.2, 0) is 24.3 Å². The number of aromatic nitrogens is 3. The van der Waals surface area contributed by atoms with Crippen molar-refractivity contribution in [2.75, 3.05) is 0 Å². The Morgan fingerprint density at radius 1 is 1.19 bits per heavy atom. The van der Waals surface area contributed by atoms with Crippen LogP contribution in [-0.4, -0.2) is 30.7 Å². The van der Waals surface area contributed by atoms with E-state index in [0.717, 1.165) is 16.3 Å². The van der Waals surface area contributed by atoms with E-state index < -0.39 is 4.92 Å². The monoisotopic (exact) mass is 367 g/mol. The van der Waals surface area contributed by atoms with Crippen LogP contribution in [0.4, 0.5) is 5.69 Å². The fourth-order valence-corrected chi connectivity index (χ4v) is 3.56. The number of carbonyl (C=O) groups excluding carboxylic acids is 1. The molecule has 0 spiro atoms. The van der Waals surface area contributed by atoms with E-state index >= 15 is 0 Å². The van der Waals surface area contributed by atoms with Crippen molar-refractivity contribution >= 4 is 22.9 Å². The highest BCUT2D eigenvalue weighted by molar-refractivity contribution is 7.13. The fraction of sp³-hybridized carbons (Fsp3) is 0.176. The van der Waals surface area contributed by atoms with Crippen LogP contribution in [0.5, 0.6) is 0 Å². The van der Waals surface area contributed by atoms with E-state index in [9.17, 15) is 14.9 Å². The van der Waals surface area contributed by atoms with Crippen LogP contribution >= 0.6 is 11.3 Å². The quantitative estimate of drug-likeness (QED) is 0.519. The molecule has 4 heterocycles. The molecule has 0 saturated heterocycles. The van der Waals surface area contributed by atoms with Crippen molar-refractivity contribution in [3.05, 3.63) is 69.2 Å². The van der Waals surface area contributed by atoms with Gasteiger partial charge in [0.05, 0.1) is 46.4 Å². The number of fused-ring (bicyclic) bond motifs is 1. The summed E-state index contributed by atoms with van der Waals surface area (Å²) >= 11 is 1.49. The molecule has 0 atom stereocenters. The van der Waals surface area contributed by atoms with Gasteiger partial charge in [-0.25, -0.2) is 4.98 Å². The van der Waals surface area contributed by atoms with Crippen molar-refractivity contribution in [3.63, 3.8) is 0 Å². The first-order chi connectivity index (χ1) is 12.6. The minimum absolute atomic E-state index is 0.135. The Hall–Kier alpha value is -3.20. The maximum absolute atomic E-state index is 12.7. The Balaban J connectivity index is 1.60. The number of pyridine rings is 1. The zero-order valence-electron chi connectivity index (χ0n) is 13.5. The van der Waals surface area contributed by atoms with Gasteiger partial charge in [0.2, 0.25) is 5.91 Å². The van der Waals surface area contributed by atoms with Gasteiger partial charge in [-0.1, -0.05) is 6.07 Å². The lowest BCUT2D eigenvalue weighted by Gasteiger charge is -2.14. The first-order valence-corrected chi connectivity index (χ1v) is 8.74. The van der Waals surface area contributed by atoms with Gasteiger partial charge in [-0.05, 0) is 17.5 Å². The van der Waals surface area contributed by atoms with Gasteiger partial charge >= 0.3 is 0 Å². The molecule has 130 valence electrons. The Bertz CT molecular complexity index is 965. The van der Waals surface area contributed by atoms with Crippen LogP contribution in [0.25, 0.3) is 10.6 Å². The van der Waals surface area contributed by atoms with Crippen LogP contribution < -0.4 is 0 Å². The first kappa shape index (κ1) is 16.3. The van der Waals surface area contributed by atoms with E-state index in [2.05, 4.69) is 15.0 Å². The van der Waals surface area contributed by atoms with Gasteiger partial charge in [0, 0.05) is 18.5 Å². The number of thiophene rings is 1. The highest BCUT2D eigenvalue weighted by Crippen LogP contribution is 2.27. The maximum atomic E-state index is 12.7. The van der Waals surface area contributed by atoms with Gasteiger partial charge in [0.15, 0.2) is 0 Å². The molecule has 0 N–H and O–H groups in total. The van der Waals surface area contributed by atoms with Crippen LogP contribution in [0.3, 0.4) is 0 Å². The third-order valence-electron chi connectivity index (χ3n) is 4.13. The predicted molar refractivity (Wildman–Crippen MR) is 94.2 cm³/mol. The molecule has 8 nitrogen and oxygen atoms in total. The summed E-state index contributed by atoms with van der Waals surface area (Å²) in [6.07, 6.45) is 3.04. The molecule has 0 bridgehead atoms. The summed E-state index contributed by atoms with van der Waals surface area (Å²) in [4.78, 5) is 38.8. The molecule has 4 rings (SSSR count). The molecule has 1 aliphatic rings. The minimum Gasteiger partial charge on any atom is -0.330 e. The summed E-state index contributed by atoms with van der Waals surface area (Å²) in [5, 5.41) is 13.2. The Morgan fingerprint density at radius 2 is 1.92 bits per heavy atom. The number of hydrogen-bond donors (Lipinski definition) is 0. The van der Waals surface area contributed by atoms with Gasteiger partial charge in [-0.15, -0.1) is 11.3 Å². The van der Waals surface area contributed by atoms with Crippen molar-refractivity contribution in [1.29, 1.82) is 0 Å². The lowest BCUT2D eigenvalue weighted by atomic mass is 10.2. The van der Waals surface area contributed by atoms with Crippen LogP contribution in [0.15, 0.2) is 42.0 Å². The number of nitrogens with zero attached hydrogens (tertiary/aromatic N) is 5. The van der Waals surface area contributed by atoms with Gasteiger partial charge < -0.3 is 4.90 Å². The Morgan fingerprint density at radius 3 is 2.54 bits per heavy atom. The molecule has 0 fully saturated rings. The second kappa shape index (κ2) is 6.60. The molecule has 1 amide bonds. The largest absolute Gasteiger partial charge is 0.330 e. The molecule has 26 heavy (non-hydrogen) atoms. The normalized spacial score (nSPS) is 12.8. The molecule has 0 aromatic carbocycles. The average molecular weight is 367 g/mol. The van der Waals surface area contributed by atoms with Crippen molar-refractivity contribution in [2.45, 2.75) is 19.5 Å². The smallest absolute Gasteiger partial charge is 0.291 e. The second-order valence-corrected chi connectivity index (χ2v) is 6.72. The van der Waals surface area contributed by atoms with Crippen molar-refractivity contribution in [3.8, 4) is 10.6 Å². The van der Waals surface area contributed by atoms with Gasteiger partial charge in [-0.2, -0.15) is 0 Å². The molecule has 0 unspecified atom stereocenters. The van der Waals surface area contributed by atoms with E-state index in [-0.39, 0.29) is 23.7 Å². The van der Waals surface area contributed by atoms with E-state index in [0.29, 0.717) is 18.8 Å². The van der Waals surface area contributed by atoms with Crippen LogP contribution in [0.1, 0.15) is 17.1 Å². The van der Waals surface area contributed by atoms with E-state index in [4.69, 9.17) is 0 Å². The maximum Gasteiger partial charge on any atom is 0.291 e. The number of hydrogen-bond acceptors (Lipinski definition) is 7. The average Bonchev–Trinajstić information content (AvgIpc) is 3.31. The summed E-state index contributed by atoms with van der Waals surface area (Å²) in [7, 11) is 0. The molecular formula is C17H13N5O3S. The molecule has 0 aliphatic carbocycles. The Labute approximate surface area is 152 Å². The van der Waals surface area contributed by atoms with Crippen molar-refractivity contribution in [1.82, 2.24) is 19.9 Å². The number of rotatable bonds is 4. The highest BCUT2D eigenvalue weighted by Gasteiger charge is 2.28. The predicted octanol–water partition coefficient (Wildman–Crippen LogP) is 2.59. The number of amides is 1. The summed E-state index contributed by atoms with van der Waals surface area (Å²) in [5.41, 5.74) is 2.17. The topological polar surface area (TPSA) is 102 Å². The molecule has 1 aliphatic heterocycles. The SMILES string of the molecule is O=C(Cc1nc(-c2cccs2)ccc1[N+](=O)[O-])N1Cc2nccnc2C1. The third-order valence-corrected chi connectivity index (χ3v) is 5.03. The number of nitro groups is 1. The minimum atomic E-state index is -0.504. The lowest BCUT2D eigenvalue weighted by molar-refractivity contribution is -0.385. The van der Waals surface area contributed by atoms with Gasteiger partial charge in [0.1, 0.15) is 5.69 Å². The lowest BCUT2D eigenvalue weighted by Crippen LogP contribution is -2.27. The second-order valence-electron chi connectivity index (χ2n) is 5.77. The zero-order chi connectivity index (χ0) is 18.1. The molecule has 0 radical (unpaired) electrons. The van der Waals surface area contributed by atoms with Gasteiger partial charge in [0.25, 0.3) is 5.69 Å². The summed E-state index contributed by atoms with van der Waals surface area (Å²) < 4.78 is 0. The molecule has 0 saturated carbocycles.